The number of aliphatic hydroxyl groups is 1. The third-order valence-electron chi connectivity index (χ3n) is 4.67. The molecular formula is C18H24O3. The van der Waals surface area contributed by atoms with E-state index in [1.165, 1.54) is 5.57 Å². The molecule has 0 aromatic heterocycles. The molecule has 0 radical (unpaired) electrons. The molecule has 1 aromatic carbocycles. The average Bonchev–Trinajstić information content (AvgIpc) is 2.45. The van der Waals surface area contributed by atoms with E-state index in [4.69, 9.17) is 9.47 Å². The van der Waals surface area contributed by atoms with Crippen LogP contribution in [-0.4, -0.2) is 18.3 Å². The molecule has 1 aromatic rings. The third kappa shape index (κ3) is 2.93. The first-order valence-corrected chi connectivity index (χ1v) is 7.76. The lowest BCUT2D eigenvalue weighted by Gasteiger charge is -2.37. The van der Waals surface area contributed by atoms with E-state index in [0.29, 0.717) is 18.3 Å². The normalized spacial score (nSPS) is 31.9. The molecular weight excluding hydrogens is 264 g/mol. The largest absolute Gasteiger partial charge is 0.497 e. The van der Waals surface area contributed by atoms with Crippen molar-refractivity contribution in [3.05, 3.63) is 35.4 Å². The van der Waals surface area contributed by atoms with Gasteiger partial charge in [-0.15, -0.1) is 0 Å². The molecule has 3 nitrogen and oxygen atoms in total. The predicted octanol–water partition coefficient (Wildman–Crippen LogP) is 3.87. The van der Waals surface area contributed by atoms with Gasteiger partial charge in [-0.1, -0.05) is 18.6 Å². The first-order valence-electron chi connectivity index (χ1n) is 7.76. The van der Waals surface area contributed by atoms with Crippen molar-refractivity contribution in [2.24, 2.45) is 11.8 Å². The third-order valence-corrected chi connectivity index (χ3v) is 4.67. The van der Waals surface area contributed by atoms with Crippen molar-refractivity contribution < 1.29 is 14.6 Å². The van der Waals surface area contributed by atoms with E-state index < -0.39 is 6.10 Å². The Hall–Kier alpha value is -1.48. The second kappa shape index (κ2) is 5.72. The summed E-state index contributed by atoms with van der Waals surface area (Å²) in [5.74, 6) is 2.63. The van der Waals surface area contributed by atoms with E-state index in [9.17, 15) is 5.11 Å². The minimum atomic E-state index is -0.439. The van der Waals surface area contributed by atoms with Crippen molar-refractivity contribution in [1.29, 1.82) is 0 Å². The summed E-state index contributed by atoms with van der Waals surface area (Å²) in [6.07, 6.45) is 4.89. The van der Waals surface area contributed by atoms with Crippen LogP contribution < -0.4 is 9.47 Å². The molecule has 114 valence electrons. The molecule has 0 amide bonds. The van der Waals surface area contributed by atoms with Crippen LogP contribution in [0.1, 0.15) is 44.8 Å². The van der Waals surface area contributed by atoms with Crippen molar-refractivity contribution in [1.82, 2.24) is 0 Å². The van der Waals surface area contributed by atoms with Crippen LogP contribution in [0.4, 0.5) is 0 Å². The molecule has 1 aliphatic heterocycles. The standard InChI is InChI=1S/C18H24O3/c1-11-6-12(2)8-13(7-11)17-10-16(19)15-5-4-14(20-3)9-18(15)21-17/h4-6,9,11,13,16-17,19H,7-8,10H2,1-3H3. The summed E-state index contributed by atoms with van der Waals surface area (Å²) in [6.45, 7) is 4.45. The van der Waals surface area contributed by atoms with Gasteiger partial charge < -0.3 is 14.6 Å². The number of benzene rings is 1. The molecule has 0 saturated carbocycles. The molecule has 1 heterocycles. The van der Waals surface area contributed by atoms with Gasteiger partial charge in [-0.05, 0) is 37.8 Å². The van der Waals surface area contributed by atoms with E-state index in [1.807, 2.05) is 18.2 Å². The zero-order valence-electron chi connectivity index (χ0n) is 13.0. The number of aliphatic hydroxyl groups excluding tert-OH is 1. The van der Waals surface area contributed by atoms with E-state index in [1.54, 1.807) is 7.11 Å². The lowest BCUT2D eigenvalue weighted by molar-refractivity contribution is 0.0271. The van der Waals surface area contributed by atoms with E-state index in [2.05, 4.69) is 19.9 Å². The van der Waals surface area contributed by atoms with Crippen LogP contribution in [-0.2, 0) is 0 Å². The molecule has 4 unspecified atom stereocenters. The van der Waals surface area contributed by atoms with Crippen molar-refractivity contribution in [2.45, 2.75) is 45.3 Å². The average molecular weight is 288 g/mol. The van der Waals surface area contributed by atoms with Gasteiger partial charge in [-0.3, -0.25) is 0 Å². The van der Waals surface area contributed by atoms with Crippen LogP contribution in [0.15, 0.2) is 29.8 Å². The number of allylic oxidation sites excluding steroid dienone is 2. The number of hydrogen-bond donors (Lipinski definition) is 1. The van der Waals surface area contributed by atoms with Crippen LogP contribution in [0.2, 0.25) is 0 Å². The van der Waals surface area contributed by atoms with Gasteiger partial charge in [0.1, 0.15) is 17.6 Å². The summed E-state index contributed by atoms with van der Waals surface area (Å²) in [5, 5.41) is 10.4. The number of rotatable bonds is 2. The Kier molecular flexibility index (Phi) is 3.94. The van der Waals surface area contributed by atoms with Crippen molar-refractivity contribution >= 4 is 0 Å². The highest BCUT2D eigenvalue weighted by Crippen LogP contribution is 2.42. The summed E-state index contributed by atoms with van der Waals surface area (Å²) < 4.78 is 11.5. The summed E-state index contributed by atoms with van der Waals surface area (Å²) in [6, 6.07) is 5.67. The number of hydrogen-bond acceptors (Lipinski definition) is 3. The minimum absolute atomic E-state index is 0.0886. The number of ether oxygens (including phenoxy) is 2. The molecule has 0 bridgehead atoms. The van der Waals surface area contributed by atoms with Gasteiger partial charge in [0.05, 0.1) is 13.2 Å². The highest BCUT2D eigenvalue weighted by Gasteiger charge is 2.34. The van der Waals surface area contributed by atoms with Gasteiger partial charge >= 0.3 is 0 Å². The molecule has 1 N–H and O–H groups in total. The maximum Gasteiger partial charge on any atom is 0.129 e. The van der Waals surface area contributed by atoms with E-state index >= 15 is 0 Å². The quantitative estimate of drug-likeness (QED) is 0.840. The molecule has 2 aliphatic rings. The molecule has 3 heteroatoms. The van der Waals surface area contributed by atoms with Gasteiger partial charge in [0, 0.05) is 24.0 Å². The number of fused-ring (bicyclic) bond motifs is 1. The summed E-state index contributed by atoms with van der Waals surface area (Å²) in [4.78, 5) is 0. The Morgan fingerprint density at radius 2 is 2.10 bits per heavy atom. The van der Waals surface area contributed by atoms with Crippen molar-refractivity contribution in [3.63, 3.8) is 0 Å². The Labute approximate surface area is 126 Å². The number of methoxy groups -OCH3 is 1. The lowest BCUT2D eigenvalue weighted by Crippen LogP contribution is -2.35. The molecule has 1 aliphatic carbocycles. The Morgan fingerprint density at radius 1 is 1.29 bits per heavy atom. The molecule has 3 rings (SSSR count). The summed E-state index contributed by atoms with van der Waals surface area (Å²) in [5.41, 5.74) is 2.32. The van der Waals surface area contributed by atoms with Crippen LogP contribution in [0.5, 0.6) is 11.5 Å². The fourth-order valence-corrected chi connectivity index (χ4v) is 3.75. The monoisotopic (exact) mass is 288 g/mol. The first kappa shape index (κ1) is 14.5. The molecule has 0 saturated heterocycles. The summed E-state index contributed by atoms with van der Waals surface area (Å²) in [7, 11) is 1.65. The molecule has 0 spiro atoms. The predicted molar refractivity (Wildman–Crippen MR) is 82.6 cm³/mol. The van der Waals surface area contributed by atoms with Gasteiger partial charge in [0.15, 0.2) is 0 Å². The van der Waals surface area contributed by atoms with Gasteiger partial charge in [0.2, 0.25) is 0 Å². The zero-order valence-corrected chi connectivity index (χ0v) is 13.0. The first-order chi connectivity index (χ1) is 10.1. The van der Waals surface area contributed by atoms with Gasteiger partial charge in [-0.2, -0.15) is 0 Å². The summed E-state index contributed by atoms with van der Waals surface area (Å²) >= 11 is 0. The van der Waals surface area contributed by atoms with Gasteiger partial charge in [-0.25, -0.2) is 0 Å². The Bertz CT molecular complexity index is 549. The van der Waals surface area contributed by atoms with Crippen molar-refractivity contribution in [2.75, 3.05) is 7.11 Å². The highest BCUT2D eigenvalue weighted by atomic mass is 16.5. The van der Waals surface area contributed by atoms with Crippen LogP contribution in [0.3, 0.4) is 0 Å². The Balaban J connectivity index is 1.82. The van der Waals surface area contributed by atoms with Crippen LogP contribution >= 0.6 is 0 Å². The lowest BCUT2D eigenvalue weighted by atomic mass is 9.78. The van der Waals surface area contributed by atoms with E-state index in [-0.39, 0.29) is 6.10 Å². The second-order valence-electron chi connectivity index (χ2n) is 6.50. The fraction of sp³-hybridized carbons (Fsp3) is 0.556. The fourth-order valence-electron chi connectivity index (χ4n) is 3.75. The van der Waals surface area contributed by atoms with Gasteiger partial charge in [0.25, 0.3) is 0 Å². The minimum Gasteiger partial charge on any atom is -0.497 e. The smallest absolute Gasteiger partial charge is 0.129 e. The topological polar surface area (TPSA) is 38.7 Å². The zero-order chi connectivity index (χ0) is 15.0. The molecule has 21 heavy (non-hydrogen) atoms. The van der Waals surface area contributed by atoms with E-state index in [0.717, 1.165) is 29.9 Å². The highest BCUT2D eigenvalue weighted by molar-refractivity contribution is 5.43. The Morgan fingerprint density at radius 3 is 2.81 bits per heavy atom. The van der Waals surface area contributed by atoms with Crippen LogP contribution in [0, 0.1) is 11.8 Å². The molecule has 4 atom stereocenters. The SMILES string of the molecule is COc1ccc2c(c1)OC(C1CC(C)=CC(C)C1)CC2O. The maximum atomic E-state index is 10.4. The maximum absolute atomic E-state index is 10.4. The van der Waals surface area contributed by atoms with Crippen LogP contribution in [0.25, 0.3) is 0 Å². The molecule has 0 fully saturated rings. The second-order valence-corrected chi connectivity index (χ2v) is 6.50. The van der Waals surface area contributed by atoms with Crippen molar-refractivity contribution in [3.8, 4) is 11.5 Å².